The average molecular weight is 469 g/mol. The van der Waals surface area contributed by atoms with Crippen LogP contribution in [0, 0.1) is 11.6 Å². The van der Waals surface area contributed by atoms with Gasteiger partial charge >= 0.3 is 0 Å². The van der Waals surface area contributed by atoms with Crippen LogP contribution in [0.5, 0.6) is 0 Å². The van der Waals surface area contributed by atoms with E-state index in [-0.39, 0.29) is 12.1 Å². The molecule has 34 heavy (non-hydrogen) atoms. The topological polar surface area (TPSA) is 41.4 Å². The van der Waals surface area contributed by atoms with Gasteiger partial charge in [0.2, 0.25) is 0 Å². The fourth-order valence-electron chi connectivity index (χ4n) is 4.82. The van der Waals surface area contributed by atoms with Gasteiger partial charge in [-0.3, -0.25) is 9.69 Å². The van der Waals surface area contributed by atoms with E-state index < -0.39 is 17.5 Å². The van der Waals surface area contributed by atoms with Crippen molar-refractivity contribution in [3.05, 3.63) is 65.0 Å². The van der Waals surface area contributed by atoms with Crippen molar-refractivity contribution in [2.75, 3.05) is 19.6 Å². The lowest BCUT2D eigenvalue weighted by atomic mass is 10.1. The summed E-state index contributed by atoms with van der Waals surface area (Å²) in [6.07, 6.45) is 5.45. The molecule has 5 nitrogen and oxygen atoms in total. The lowest BCUT2D eigenvalue weighted by Gasteiger charge is -2.26. The van der Waals surface area contributed by atoms with Gasteiger partial charge < -0.3 is 9.47 Å². The quantitative estimate of drug-likeness (QED) is 0.401. The Balaban J connectivity index is 1.63. The van der Waals surface area contributed by atoms with Crippen LogP contribution >= 0.6 is 0 Å². The normalized spacial score (nSPS) is 14.6. The number of aryl methyl sites for hydroxylation is 1. The molecular formula is C27H34F2N4O. The predicted molar refractivity (Wildman–Crippen MR) is 131 cm³/mol. The summed E-state index contributed by atoms with van der Waals surface area (Å²) in [5.74, 6) is -1.08. The zero-order valence-electron chi connectivity index (χ0n) is 20.2. The van der Waals surface area contributed by atoms with Gasteiger partial charge in [-0.2, -0.15) is 0 Å². The number of fused-ring (bicyclic) bond motifs is 1. The number of likely N-dealkylation sites (tertiary alicyclic amines) is 1. The fraction of sp³-hybridized carbons (Fsp3) is 0.481. The molecule has 0 aliphatic carbocycles. The number of nitrogens with zero attached hydrogens (tertiary/aromatic N) is 4. The Morgan fingerprint density at radius 1 is 1.03 bits per heavy atom. The molecule has 1 fully saturated rings. The summed E-state index contributed by atoms with van der Waals surface area (Å²) in [5.41, 5.74) is 2.96. The van der Waals surface area contributed by atoms with Crippen molar-refractivity contribution in [3.8, 4) is 0 Å². The maximum Gasteiger partial charge on any atom is 0.257 e. The first kappa shape index (κ1) is 24.3. The molecular weight excluding hydrogens is 434 g/mol. The highest BCUT2D eigenvalue weighted by Crippen LogP contribution is 2.23. The first-order valence-electron chi connectivity index (χ1n) is 12.4. The molecule has 7 heteroatoms. The molecule has 0 spiro atoms. The van der Waals surface area contributed by atoms with Crippen molar-refractivity contribution in [1.29, 1.82) is 0 Å². The Morgan fingerprint density at radius 2 is 1.82 bits per heavy atom. The minimum Gasteiger partial charge on any atom is -0.331 e. The van der Waals surface area contributed by atoms with Gasteiger partial charge in [-0.05, 0) is 74.7 Å². The van der Waals surface area contributed by atoms with E-state index in [1.165, 1.54) is 24.8 Å². The number of imidazole rings is 1. The molecule has 1 amide bonds. The van der Waals surface area contributed by atoms with Gasteiger partial charge in [-0.25, -0.2) is 13.8 Å². The lowest BCUT2D eigenvalue weighted by Crippen LogP contribution is -2.33. The summed E-state index contributed by atoms with van der Waals surface area (Å²) in [6, 6.07) is 9.45. The number of aromatic nitrogens is 2. The number of benzene rings is 2. The number of carbonyl (C=O) groups is 1. The summed E-state index contributed by atoms with van der Waals surface area (Å²) in [6.45, 7) is 8.73. The molecule has 0 saturated carbocycles. The molecule has 0 N–H and O–H groups in total. The van der Waals surface area contributed by atoms with Crippen LogP contribution in [0.1, 0.15) is 67.7 Å². The van der Waals surface area contributed by atoms with E-state index in [0.717, 1.165) is 67.7 Å². The van der Waals surface area contributed by atoms with Crippen LogP contribution < -0.4 is 0 Å². The van der Waals surface area contributed by atoms with Crippen molar-refractivity contribution in [2.45, 2.75) is 65.6 Å². The molecule has 182 valence electrons. The van der Waals surface area contributed by atoms with Crippen LogP contribution in [0.25, 0.3) is 11.0 Å². The number of amides is 1. The summed E-state index contributed by atoms with van der Waals surface area (Å²) in [7, 11) is 0. The van der Waals surface area contributed by atoms with Crippen molar-refractivity contribution in [2.24, 2.45) is 0 Å². The summed E-state index contributed by atoms with van der Waals surface area (Å²) < 4.78 is 30.2. The largest absolute Gasteiger partial charge is 0.331 e. The second kappa shape index (κ2) is 11.1. The van der Waals surface area contributed by atoms with E-state index in [4.69, 9.17) is 4.98 Å². The van der Waals surface area contributed by atoms with E-state index in [2.05, 4.69) is 34.6 Å². The zero-order valence-corrected chi connectivity index (χ0v) is 20.2. The third-order valence-corrected chi connectivity index (χ3v) is 6.47. The maximum atomic E-state index is 14.3. The summed E-state index contributed by atoms with van der Waals surface area (Å²) in [4.78, 5) is 22.1. The molecule has 0 bridgehead atoms. The third kappa shape index (κ3) is 5.46. The van der Waals surface area contributed by atoms with Gasteiger partial charge in [0, 0.05) is 19.6 Å². The second-order valence-corrected chi connectivity index (χ2v) is 9.19. The molecule has 4 rings (SSSR count). The molecule has 1 aromatic heterocycles. The lowest BCUT2D eigenvalue weighted by molar-refractivity contribution is 0.0732. The van der Waals surface area contributed by atoms with Crippen molar-refractivity contribution in [3.63, 3.8) is 0 Å². The number of hydrogen-bond donors (Lipinski definition) is 0. The molecule has 0 radical (unpaired) electrons. The molecule has 1 aliphatic rings. The highest BCUT2D eigenvalue weighted by atomic mass is 19.1. The van der Waals surface area contributed by atoms with Crippen LogP contribution in [0.3, 0.4) is 0 Å². The number of carbonyl (C=O) groups excluding carboxylic acids is 1. The Labute approximate surface area is 200 Å². The first-order chi connectivity index (χ1) is 16.5. The van der Waals surface area contributed by atoms with Crippen molar-refractivity contribution < 1.29 is 13.6 Å². The summed E-state index contributed by atoms with van der Waals surface area (Å²) >= 11 is 0. The zero-order chi connectivity index (χ0) is 24.1. The predicted octanol–water partition coefficient (Wildman–Crippen LogP) is 5.76. The van der Waals surface area contributed by atoms with Crippen LogP contribution in [0.4, 0.5) is 8.78 Å². The van der Waals surface area contributed by atoms with Gasteiger partial charge in [0.25, 0.3) is 5.91 Å². The van der Waals surface area contributed by atoms with Gasteiger partial charge in [0.1, 0.15) is 17.5 Å². The van der Waals surface area contributed by atoms with Gasteiger partial charge in [-0.15, -0.1) is 0 Å². The van der Waals surface area contributed by atoms with Crippen LogP contribution in [0.15, 0.2) is 36.4 Å². The van der Waals surface area contributed by atoms with Crippen molar-refractivity contribution >= 4 is 16.9 Å². The van der Waals surface area contributed by atoms with E-state index in [1.807, 2.05) is 6.92 Å². The van der Waals surface area contributed by atoms with Gasteiger partial charge in [0.05, 0.1) is 23.1 Å². The average Bonchev–Trinajstić information content (AvgIpc) is 3.17. The molecule has 0 atom stereocenters. The molecule has 2 aromatic carbocycles. The summed E-state index contributed by atoms with van der Waals surface area (Å²) in [5, 5.41) is 0. The highest BCUT2D eigenvalue weighted by Gasteiger charge is 2.23. The molecule has 1 saturated heterocycles. The molecule has 3 aromatic rings. The monoisotopic (exact) mass is 468 g/mol. The Morgan fingerprint density at radius 3 is 2.56 bits per heavy atom. The van der Waals surface area contributed by atoms with Crippen LogP contribution in [-0.2, 0) is 19.6 Å². The Kier molecular flexibility index (Phi) is 7.93. The number of piperidine rings is 1. The maximum absolute atomic E-state index is 14.3. The van der Waals surface area contributed by atoms with Crippen molar-refractivity contribution in [1.82, 2.24) is 19.4 Å². The molecule has 0 unspecified atom stereocenters. The molecule has 1 aliphatic heterocycles. The Bertz CT molecular complexity index is 1140. The van der Waals surface area contributed by atoms with Crippen LogP contribution in [0.2, 0.25) is 0 Å². The SMILES string of the molecule is CCCN(Cc1nc2cc(CN3CCCCC3)ccc2n1CCC)C(=O)c1cc(F)ccc1F. The fourth-order valence-corrected chi connectivity index (χ4v) is 4.82. The smallest absolute Gasteiger partial charge is 0.257 e. The van der Waals surface area contributed by atoms with Gasteiger partial charge in [-0.1, -0.05) is 26.3 Å². The highest BCUT2D eigenvalue weighted by molar-refractivity contribution is 5.94. The minimum atomic E-state index is -0.711. The van der Waals surface area contributed by atoms with E-state index in [9.17, 15) is 13.6 Å². The second-order valence-electron chi connectivity index (χ2n) is 9.19. The van der Waals surface area contributed by atoms with E-state index >= 15 is 0 Å². The van der Waals surface area contributed by atoms with E-state index in [1.54, 1.807) is 4.90 Å². The first-order valence-corrected chi connectivity index (χ1v) is 12.4. The number of hydrogen-bond acceptors (Lipinski definition) is 3. The standard InChI is InChI=1S/C27H34F2N4O/c1-3-12-32(27(34)22-17-21(28)9-10-23(22)29)19-26-30-24-16-20(18-31-14-6-5-7-15-31)8-11-25(24)33(26)13-4-2/h8-11,16-17H,3-7,12-15,18-19H2,1-2H3. The Hall–Kier alpha value is -2.80. The third-order valence-electron chi connectivity index (χ3n) is 6.47. The van der Waals surface area contributed by atoms with Crippen LogP contribution in [-0.4, -0.2) is 44.9 Å². The van der Waals surface area contributed by atoms with E-state index in [0.29, 0.717) is 13.0 Å². The van der Waals surface area contributed by atoms with Gasteiger partial charge in [0.15, 0.2) is 0 Å². The minimum absolute atomic E-state index is 0.240. The number of halogens is 2. The number of rotatable bonds is 9. The molecule has 2 heterocycles.